The lowest BCUT2D eigenvalue weighted by molar-refractivity contribution is 0.0696. The third-order valence-corrected chi connectivity index (χ3v) is 3.69. The molecule has 0 heterocycles. The Balaban J connectivity index is 2.77. The number of carbonyl (C=O) groups excluding carboxylic acids is 1. The molecule has 0 spiro atoms. The quantitative estimate of drug-likeness (QED) is 0.772. The second kappa shape index (κ2) is 6.41. The normalized spacial score (nSPS) is 11.0. The fraction of sp³-hybridized carbons (Fsp3) is 0.467. The van der Waals surface area contributed by atoms with Gasteiger partial charge in [-0.1, -0.05) is 13.8 Å². The number of urea groups is 1. The number of aryl methyl sites for hydroxylation is 1. The number of carboxylic acids is 1. The van der Waals surface area contributed by atoms with Crippen LogP contribution in [-0.2, 0) is 0 Å². The van der Waals surface area contributed by atoms with E-state index in [1.165, 1.54) is 6.07 Å². The predicted octanol–water partition coefficient (Wildman–Crippen LogP) is 3.39. The number of hydrogen-bond donors (Lipinski definition) is 3. The van der Waals surface area contributed by atoms with Gasteiger partial charge in [0.1, 0.15) is 0 Å². The van der Waals surface area contributed by atoms with Crippen LogP contribution >= 0.6 is 0 Å². The molecule has 0 saturated heterocycles. The summed E-state index contributed by atoms with van der Waals surface area (Å²) in [6.45, 7) is 7.74. The number of nitrogens with one attached hydrogen (secondary N) is 2. The summed E-state index contributed by atoms with van der Waals surface area (Å²) in [4.78, 5) is 22.9. The van der Waals surface area contributed by atoms with E-state index in [1.807, 2.05) is 20.8 Å². The van der Waals surface area contributed by atoms with E-state index in [9.17, 15) is 9.59 Å². The lowest BCUT2D eigenvalue weighted by Gasteiger charge is -2.28. The fourth-order valence-corrected chi connectivity index (χ4v) is 1.84. The molecule has 0 fully saturated rings. The highest BCUT2D eigenvalue weighted by Gasteiger charge is 2.21. The van der Waals surface area contributed by atoms with Crippen molar-refractivity contribution in [2.24, 2.45) is 0 Å². The standard InChI is InChI=1S/C15H22N2O3/c1-5-15(4,6-2)17-14(20)16-11-7-8-12(13(18)19)10(3)9-11/h7-9H,5-6H2,1-4H3,(H,18,19)(H2,16,17,20). The molecule has 20 heavy (non-hydrogen) atoms. The maximum absolute atomic E-state index is 11.9. The van der Waals surface area contributed by atoms with Crippen molar-refractivity contribution < 1.29 is 14.7 Å². The first-order valence-corrected chi connectivity index (χ1v) is 6.74. The minimum Gasteiger partial charge on any atom is -0.478 e. The molecule has 0 aromatic heterocycles. The Bertz CT molecular complexity index is 508. The van der Waals surface area contributed by atoms with Crippen LogP contribution in [0.25, 0.3) is 0 Å². The summed E-state index contributed by atoms with van der Waals surface area (Å²) in [6.07, 6.45) is 1.68. The molecule has 110 valence electrons. The van der Waals surface area contributed by atoms with Gasteiger partial charge in [0.2, 0.25) is 0 Å². The van der Waals surface area contributed by atoms with Crippen LogP contribution in [-0.4, -0.2) is 22.6 Å². The van der Waals surface area contributed by atoms with Gasteiger partial charge < -0.3 is 15.7 Å². The van der Waals surface area contributed by atoms with Crippen LogP contribution in [0.3, 0.4) is 0 Å². The third kappa shape index (κ3) is 3.98. The van der Waals surface area contributed by atoms with Gasteiger partial charge in [-0.3, -0.25) is 0 Å². The van der Waals surface area contributed by atoms with Crippen LogP contribution in [0.5, 0.6) is 0 Å². The van der Waals surface area contributed by atoms with Crippen LogP contribution < -0.4 is 10.6 Å². The molecular formula is C15H22N2O3. The van der Waals surface area contributed by atoms with Crippen molar-refractivity contribution in [3.8, 4) is 0 Å². The van der Waals surface area contributed by atoms with Crippen molar-refractivity contribution in [1.82, 2.24) is 5.32 Å². The third-order valence-electron chi connectivity index (χ3n) is 3.69. The number of anilines is 1. The second-order valence-electron chi connectivity index (χ2n) is 5.18. The zero-order valence-electron chi connectivity index (χ0n) is 12.4. The Morgan fingerprint density at radius 3 is 2.30 bits per heavy atom. The van der Waals surface area contributed by atoms with Gasteiger partial charge in [0.05, 0.1) is 5.56 Å². The maximum atomic E-state index is 11.9. The van der Waals surface area contributed by atoms with Crippen LogP contribution in [0.4, 0.5) is 10.5 Å². The molecule has 1 rings (SSSR count). The van der Waals surface area contributed by atoms with Crippen LogP contribution in [0.1, 0.15) is 49.5 Å². The molecule has 0 radical (unpaired) electrons. The molecule has 0 aliphatic heterocycles. The summed E-state index contributed by atoms with van der Waals surface area (Å²) in [6, 6.07) is 4.45. The zero-order valence-corrected chi connectivity index (χ0v) is 12.4. The van der Waals surface area contributed by atoms with Gasteiger partial charge >= 0.3 is 12.0 Å². The molecule has 5 nitrogen and oxygen atoms in total. The Hall–Kier alpha value is -2.04. The van der Waals surface area contributed by atoms with E-state index in [2.05, 4.69) is 10.6 Å². The number of hydrogen-bond acceptors (Lipinski definition) is 2. The first-order valence-electron chi connectivity index (χ1n) is 6.74. The van der Waals surface area contributed by atoms with Gasteiger partial charge in [0.25, 0.3) is 0 Å². The predicted molar refractivity (Wildman–Crippen MR) is 79.3 cm³/mol. The van der Waals surface area contributed by atoms with Crippen molar-refractivity contribution in [3.05, 3.63) is 29.3 Å². The minimum atomic E-state index is -0.969. The first-order chi connectivity index (χ1) is 9.31. The number of rotatable bonds is 5. The average molecular weight is 278 g/mol. The Morgan fingerprint density at radius 1 is 1.25 bits per heavy atom. The fourth-order valence-electron chi connectivity index (χ4n) is 1.84. The van der Waals surface area contributed by atoms with Gasteiger partial charge in [0.15, 0.2) is 0 Å². The summed E-state index contributed by atoms with van der Waals surface area (Å²) in [5.74, 6) is -0.969. The van der Waals surface area contributed by atoms with Crippen LogP contribution in [0.2, 0.25) is 0 Å². The van der Waals surface area contributed by atoms with Crippen molar-refractivity contribution in [1.29, 1.82) is 0 Å². The molecule has 0 aliphatic rings. The van der Waals surface area contributed by atoms with Gasteiger partial charge in [-0.05, 0) is 50.5 Å². The highest BCUT2D eigenvalue weighted by atomic mass is 16.4. The monoisotopic (exact) mass is 278 g/mol. The molecule has 3 N–H and O–H groups in total. The number of amides is 2. The van der Waals surface area contributed by atoms with E-state index in [0.29, 0.717) is 11.3 Å². The summed E-state index contributed by atoms with van der Waals surface area (Å²) in [7, 11) is 0. The SMILES string of the molecule is CCC(C)(CC)NC(=O)Nc1ccc(C(=O)O)c(C)c1. The zero-order chi connectivity index (χ0) is 15.3. The highest BCUT2D eigenvalue weighted by molar-refractivity contribution is 5.93. The van der Waals surface area contributed by atoms with E-state index in [-0.39, 0.29) is 17.1 Å². The molecule has 1 aromatic carbocycles. The van der Waals surface area contributed by atoms with Gasteiger partial charge in [-0.25, -0.2) is 9.59 Å². The number of benzene rings is 1. The summed E-state index contributed by atoms with van der Waals surface area (Å²) < 4.78 is 0. The maximum Gasteiger partial charge on any atom is 0.335 e. The Morgan fingerprint density at radius 2 is 1.85 bits per heavy atom. The molecule has 0 atom stereocenters. The lowest BCUT2D eigenvalue weighted by Crippen LogP contribution is -2.46. The van der Waals surface area contributed by atoms with Crippen LogP contribution in [0, 0.1) is 6.92 Å². The summed E-state index contributed by atoms with van der Waals surface area (Å²) in [5.41, 5.74) is 1.20. The molecule has 0 aliphatic carbocycles. The molecule has 5 heteroatoms. The van der Waals surface area contributed by atoms with Gasteiger partial charge in [-0.2, -0.15) is 0 Å². The van der Waals surface area contributed by atoms with E-state index < -0.39 is 5.97 Å². The molecule has 2 amide bonds. The van der Waals surface area contributed by atoms with Crippen LogP contribution in [0.15, 0.2) is 18.2 Å². The molecule has 1 aromatic rings. The van der Waals surface area contributed by atoms with Gasteiger partial charge in [-0.15, -0.1) is 0 Å². The first kappa shape index (κ1) is 16.0. The minimum absolute atomic E-state index is 0.236. The molecular weight excluding hydrogens is 256 g/mol. The number of carboxylic acid groups (broad SMARTS) is 1. The smallest absolute Gasteiger partial charge is 0.335 e. The topological polar surface area (TPSA) is 78.4 Å². The number of carbonyl (C=O) groups is 2. The number of aromatic carboxylic acids is 1. The van der Waals surface area contributed by atoms with Crippen molar-refractivity contribution >= 4 is 17.7 Å². The Labute approximate surface area is 119 Å². The Kier molecular flexibility index (Phi) is 5.13. The van der Waals surface area contributed by atoms with Crippen molar-refractivity contribution in [2.75, 3.05) is 5.32 Å². The molecule has 0 bridgehead atoms. The van der Waals surface area contributed by atoms with E-state index in [1.54, 1.807) is 19.1 Å². The molecule has 0 saturated carbocycles. The summed E-state index contributed by atoms with van der Waals surface area (Å²) >= 11 is 0. The second-order valence-corrected chi connectivity index (χ2v) is 5.18. The van der Waals surface area contributed by atoms with E-state index in [0.717, 1.165) is 12.8 Å². The van der Waals surface area contributed by atoms with Gasteiger partial charge in [0, 0.05) is 11.2 Å². The molecule has 0 unspecified atom stereocenters. The lowest BCUT2D eigenvalue weighted by atomic mass is 9.96. The summed E-state index contributed by atoms with van der Waals surface area (Å²) in [5, 5.41) is 14.6. The average Bonchev–Trinajstić information content (AvgIpc) is 2.38. The van der Waals surface area contributed by atoms with Crippen molar-refractivity contribution in [3.63, 3.8) is 0 Å². The largest absolute Gasteiger partial charge is 0.478 e. The van der Waals surface area contributed by atoms with Crippen molar-refractivity contribution in [2.45, 2.75) is 46.1 Å². The van der Waals surface area contributed by atoms with E-state index >= 15 is 0 Å². The van der Waals surface area contributed by atoms with E-state index in [4.69, 9.17) is 5.11 Å². The highest BCUT2D eigenvalue weighted by Crippen LogP contribution is 2.17.